The Bertz CT molecular complexity index is 915. The standard InChI is InChI=1S/C14H12N4O2/c1-17-8-4-5-10(17)9-15-18-13(19)11-6-2-3-7-12(11)16-14(18)20/h2-9H,1H3,(H,16,20). The van der Waals surface area contributed by atoms with Gasteiger partial charge in [0, 0.05) is 13.2 Å². The highest BCUT2D eigenvalue weighted by Gasteiger charge is 2.05. The molecule has 0 fully saturated rings. The lowest BCUT2D eigenvalue weighted by Crippen LogP contribution is -2.32. The number of fused-ring (bicyclic) bond motifs is 1. The number of aryl methyl sites for hydroxylation is 1. The van der Waals surface area contributed by atoms with E-state index in [1.54, 1.807) is 24.3 Å². The molecule has 0 radical (unpaired) electrons. The Morgan fingerprint density at radius 3 is 2.70 bits per heavy atom. The Hall–Kier alpha value is -2.89. The van der Waals surface area contributed by atoms with Crippen LogP contribution in [0.25, 0.3) is 10.9 Å². The van der Waals surface area contributed by atoms with Gasteiger partial charge in [-0.15, -0.1) is 4.68 Å². The minimum atomic E-state index is -0.556. The number of hydrogen-bond acceptors (Lipinski definition) is 3. The second-order valence-corrected chi connectivity index (χ2v) is 4.38. The first-order chi connectivity index (χ1) is 9.66. The Kier molecular flexibility index (Phi) is 2.83. The second-order valence-electron chi connectivity index (χ2n) is 4.38. The number of nitrogens with one attached hydrogen (secondary N) is 1. The molecular weight excluding hydrogens is 256 g/mol. The fourth-order valence-electron chi connectivity index (χ4n) is 1.98. The van der Waals surface area contributed by atoms with Gasteiger partial charge in [0.2, 0.25) is 0 Å². The first-order valence-corrected chi connectivity index (χ1v) is 6.06. The van der Waals surface area contributed by atoms with Gasteiger partial charge in [0.1, 0.15) is 0 Å². The van der Waals surface area contributed by atoms with Crippen molar-refractivity contribution in [1.29, 1.82) is 0 Å². The predicted molar refractivity (Wildman–Crippen MR) is 77.2 cm³/mol. The highest BCUT2D eigenvalue weighted by atomic mass is 16.2. The van der Waals surface area contributed by atoms with Gasteiger partial charge in [-0.2, -0.15) is 5.10 Å². The maximum absolute atomic E-state index is 12.2. The average molecular weight is 268 g/mol. The second kappa shape index (κ2) is 4.65. The van der Waals surface area contributed by atoms with Crippen LogP contribution in [-0.2, 0) is 7.05 Å². The largest absolute Gasteiger partial charge is 0.350 e. The molecule has 3 rings (SSSR count). The van der Waals surface area contributed by atoms with E-state index in [0.29, 0.717) is 10.9 Å². The summed E-state index contributed by atoms with van der Waals surface area (Å²) in [5.74, 6) is 0. The van der Waals surface area contributed by atoms with Crippen LogP contribution >= 0.6 is 0 Å². The van der Waals surface area contributed by atoms with Gasteiger partial charge in [-0.3, -0.25) is 4.79 Å². The number of para-hydroxylation sites is 1. The van der Waals surface area contributed by atoms with Gasteiger partial charge < -0.3 is 9.55 Å². The molecule has 0 saturated carbocycles. The van der Waals surface area contributed by atoms with Crippen molar-refractivity contribution in [2.45, 2.75) is 0 Å². The van der Waals surface area contributed by atoms with Crippen molar-refractivity contribution >= 4 is 17.1 Å². The fraction of sp³-hybridized carbons (Fsp3) is 0.0714. The Labute approximate surface area is 113 Å². The molecule has 0 atom stereocenters. The predicted octanol–water partition coefficient (Wildman–Crippen LogP) is 0.910. The number of nitrogens with zero attached hydrogens (tertiary/aromatic N) is 3. The Morgan fingerprint density at radius 2 is 1.95 bits per heavy atom. The summed E-state index contributed by atoms with van der Waals surface area (Å²) in [6, 6.07) is 10.5. The van der Waals surface area contributed by atoms with Gasteiger partial charge in [-0.1, -0.05) is 12.1 Å². The summed E-state index contributed by atoms with van der Waals surface area (Å²) in [5, 5.41) is 4.40. The molecular formula is C14H12N4O2. The summed E-state index contributed by atoms with van der Waals surface area (Å²) in [6.07, 6.45) is 3.33. The number of rotatable bonds is 2. The monoisotopic (exact) mass is 268 g/mol. The molecule has 1 N–H and O–H groups in total. The zero-order valence-electron chi connectivity index (χ0n) is 10.8. The van der Waals surface area contributed by atoms with Gasteiger partial charge in [0.15, 0.2) is 0 Å². The van der Waals surface area contributed by atoms with Crippen LogP contribution in [0, 0.1) is 0 Å². The first kappa shape index (κ1) is 12.2. The van der Waals surface area contributed by atoms with Crippen molar-refractivity contribution < 1.29 is 0 Å². The lowest BCUT2D eigenvalue weighted by Gasteiger charge is -2.00. The summed E-state index contributed by atoms with van der Waals surface area (Å²) in [7, 11) is 1.86. The molecule has 2 heterocycles. The van der Waals surface area contributed by atoms with Crippen LogP contribution < -0.4 is 11.2 Å². The normalized spacial score (nSPS) is 11.4. The Morgan fingerprint density at radius 1 is 1.15 bits per heavy atom. The third kappa shape index (κ3) is 1.97. The van der Waals surface area contributed by atoms with E-state index in [0.717, 1.165) is 10.4 Å². The number of benzene rings is 1. The number of aromatic amines is 1. The summed E-state index contributed by atoms with van der Waals surface area (Å²) >= 11 is 0. The van der Waals surface area contributed by atoms with E-state index >= 15 is 0 Å². The zero-order valence-corrected chi connectivity index (χ0v) is 10.8. The summed E-state index contributed by atoms with van der Waals surface area (Å²) < 4.78 is 2.67. The molecule has 0 amide bonds. The summed E-state index contributed by atoms with van der Waals surface area (Å²) in [5.41, 5.74) is 0.311. The highest BCUT2D eigenvalue weighted by molar-refractivity contribution is 5.78. The van der Waals surface area contributed by atoms with E-state index in [9.17, 15) is 9.59 Å². The summed E-state index contributed by atoms with van der Waals surface area (Å²) in [6.45, 7) is 0. The molecule has 0 spiro atoms. The SMILES string of the molecule is Cn1cccc1C=Nn1c(=O)[nH]c2ccccc2c1=O. The van der Waals surface area contributed by atoms with Gasteiger partial charge in [0.05, 0.1) is 22.8 Å². The third-order valence-electron chi connectivity index (χ3n) is 3.07. The maximum atomic E-state index is 12.2. The molecule has 0 aliphatic heterocycles. The van der Waals surface area contributed by atoms with Crippen molar-refractivity contribution in [3.05, 3.63) is 69.1 Å². The van der Waals surface area contributed by atoms with E-state index in [1.807, 2.05) is 29.9 Å². The lowest BCUT2D eigenvalue weighted by atomic mass is 10.2. The van der Waals surface area contributed by atoms with Crippen molar-refractivity contribution in [2.75, 3.05) is 0 Å². The number of aromatic nitrogens is 3. The lowest BCUT2D eigenvalue weighted by molar-refractivity contribution is 0.769. The summed E-state index contributed by atoms with van der Waals surface area (Å²) in [4.78, 5) is 26.7. The molecule has 0 saturated heterocycles. The molecule has 0 aliphatic rings. The van der Waals surface area contributed by atoms with Gasteiger partial charge in [-0.05, 0) is 24.3 Å². The first-order valence-electron chi connectivity index (χ1n) is 6.06. The van der Waals surface area contributed by atoms with Crippen LogP contribution in [0.5, 0.6) is 0 Å². The van der Waals surface area contributed by atoms with Crippen LogP contribution in [-0.4, -0.2) is 20.4 Å². The van der Waals surface area contributed by atoms with Crippen molar-refractivity contribution in [3.63, 3.8) is 0 Å². The number of H-pyrrole nitrogens is 1. The molecule has 0 aliphatic carbocycles. The van der Waals surface area contributed by atoms with Crippen molar-refractivity contribution in [3.8, 4) is 0 Å². The smallest absolute Gasteiger partial charge is 0.349 e. The fourth-order valence-corrected chi connectivity index (χ4v) is 1.98. The minimum absolute atomic E-state index is 0.427. The van der Waals surface area contributed by atoms with E-state index < -0.39 is 11.2 Å². The molecule has 2 aromatic heterocycles. The van der Waals surface area contributed by atoms with E-state index in [4.69, 9.17) is 0 Å². The van der Waals surface area contributed by atoms with E-state index in [1.165, 1.54) is 6.21 Å². The van der Waals surface area contributed by atoms with Crippen LogP contribution in [0.15, 0.2) is 57.3 Å². The topological polar surface area (TPSA) is 72.2 Å². The molecule has 20 heavy (non-hydrogen) atoms. The molecule has 0 unspecified atom stereocenters. The molecule has 100 valence electrons. The van der Waals surface area contributed by atoms with Crippen LogP contribution in [0.3, 0.4) is 0 Å². The van der Waals surface area contributed by atoms with E-state index in [2.05, 4.69) is 10.1 Å². The van der Waals surface area contributed by atoms with Crippen LogP contribution in [0.1, 0.15) is 5.69 Å². The maximum Gasteiger partial charge on any atom is 0.349 e. The third-order valence-corrected chi connectivity index (χ3v) is 3.07. The minimum Gasteiger partial charge on any atom is -0.350 e. The van der Waals surface area contributed by atoms with E-state index in [-0.39, 0.29) is 0 Å². The van der Waals surface area contributed by atoms with Gasteiger partial charge in [-0.25, -0.2) is 4.79 Å². The molecule has 0 bridgehead atoms. The molecule has 1 aromatic carbocycles. The van der Waals surface area contributed by atoms with Crippen LogP contribution in [0.2, 0.25) is 0 Å². The average Bonchev–Trinajstić information content (AvgIpc) is 2.84. The molecule has 6 heteroatoms. The van der Waals surface area contributed by atoms with Gasteiger partial charge >= 0.3 is 5.69 Å². The highest BCUT2D eigenvalue weighted by Crippen LogP contribution is 2.02. The molecule has 6 nitrogen and oxygen atoms in total. The van der Waals surface area contributed by atoms with Gasteiger partial charge in [0.25, 0.3) is 5.56 Å². The van der Waals surface area contributed by atoms with Crippen molar-refractivity contribution in [2.24, 2.45) is 12.1 Å². The zero-order chi connectivity index (χ0) is 14.1. The quantitative estimate of drug-likeness (QED) is 0.702. The van der Waals surface area contributed by atoms with Crippen LogP contribution in [0.4, 0.5) is 0 Å². The number of hydrogen-bond donors (Lipinski definition) is 1. The molecule has 3 aromatic rings. The van der Waals surface area contributed by atoms with Crippen molar-refractivity contribution in [1.82, 2.24) is 14.2 Å². The Balaban J connectivity index is 2.17.